The van der Waals surface area contributed by atoms with E-state index in [1.807, 2.05) is 50.4 Å². The summed E-state index contributed by atoms with van der Waals surface area (Å²) in [6.07, 6.45) is 3.62. The van der Waals surface area contributed by atoms with Gasteiger partial charge in [0.15, 0.2) is 0 Å². The van der Waals surface area contributed by atoms with Crippen LogP contribution in [-0.2, 0) is 4.79 Å². The van der Waals surface area contributed by atoms with Gasteiger partial charge in [-0.3, -0.25) is 4.79 Å². The van der Waals surface area contributed by atoms with Crippen LogP contribution in [0.1, 0.15) is 13.8 Å². The molecule has 1 amide bonds. The first-order chi connectivity index (χ1) is 9.70. The van der Waals surface area contributed by atoms with Crippen LogP contribution in [0.4, 0.5) is 5.69 Å². The second kappa shape index (κ2) is 6.86. The van der Waals surface area contributed by atoms with Crippen molar-refractivity contribution in [2.24, 2.45) is 5.92 Å². The van der Waals surface area contributed by atoms with Crippen LogP contribution < -0.4 is 10.6 Å². The van der Waals surface area contributed by atoms with E-state index in [-0.39, 0.29) is 11.8 Å². The molecular weight excluding hydrogens is 252 g/mol. The first-order valence-corrected chi connectivity index (χ1v) is 6.82. The summed E-state index contributed by atoms with van der Waals surface area (Å²) in [7, 11) is 0. The molecular formula is C15H20N4O. The highest BCUT2D eigenvalue weighted by molar-refractivity contribution is 5.92. The van der Waals surface area contributed by atoms with Gasteiger partial charge in [0.1, 0.15) is 0 Å². The predicted molar refractivity (Wildman–Crippen MR) is 79.9 cm³/mol. The quantitative estimate of drug-likeness (QED) is 0.846. The summed E-state index contributed by atoms with van der Waals surface area (Å²) < 4.78 is 1.78. The van der Waals surface area contributed by atoms with Crippen molar-refractivity contribution < 1.29 is 4.79 Å². The third-order valence-electron chi connectivity index (χ3n) is 3.05. The molecule has 0 radical (unpaired) electrons. The molecule has 0 saturated heterocycles. The zero-order valence-corrected chi connectivity index (χ0v) is 11.8. The Kier molecular flexibility index (Phi) is 4.90. The number of carbonyl (C=O) groups excluding carboxylic acids is 1. The highest BCUT2D eigenvalue weighted by Gasteiger charge is 2.12. The average molecular weight is 272 g/mol. The molecule has 20 heavy (non-hydrogen) atoms. The van der Waals surface area contributed by atoms with Crippen LogP contribution in [0.25, 0.3) is 5.69 Å². The third kappa shape index (κ3) is 3.68. The van der Waals surface area contributed by atoms with Crippen LogP contribution in [0.5, 0.6) is 0 Å². The molecule has 1 atom stereocenters. The van der Waals surface area contributed by atoms with E-state index >= 15 is 0 Å². The van der Waals surface area contributed by atoms with Crippen molar-refractivity contribution in [1.29, 1.82) is 0 Å². The highest BCUT2D eigenvalue weighted by atomic mass is 16.1. The monoisotopic (exact) mass is 272 g/mol. The van der Waals surface area contributed by atoms with E-state index < -0.39 is 0 Å². The first-order valence-electron chi connectivity index (χ1n) is 6.82. The minimum absolute atomic E-state index is 0.0257. The number of benzene rings is 1. The van der Waals surface area contributed by atoms with E-state index in [1.54, 1.807) is 10.9 Å². The Morgan fingerprint density at radius 2 is 2.10 bits per heavy atom. The van der Waals surface area contributed by atoms with Crippen LogP contribution in [0.15, 0.2) is 42.7 Å². The van der Waals surface area contributed by atoms with E-state index in [0.717, 1.165) is 17.9 Å². The largest absolute Gasteiger partial charge is 0.326 e. The molecule has 0 aliphatic heterocycles. The number of carbonyl (C=O) groups is 1. The maximum Gasteiger partial charge on any atom is 0.228 e. The Balaban J connectivity index is 1.95. The van der Waals surface area contributed by atoms with Crippen molar-refractivity contribution in [2.75, 3.05) is 18.4 Å². The minimum Gasteiger partial charge on any atom is -0.326 e. The molecule has 1 aromatic heterocycles. The molecule has 2 aromatic rings. The topological polar surface area (TPSA) is 59.0 Å². The van der Waals surface area contributed by atoms with Gasteiger partial charge in [-0.2, -0.15) is 5.10 Å². The highest BCUT2D eigenvalue weighted by Crippen LogP contribution is 2.13. The summed E-state index contributed by atoms with van der Waals surface area (Å²) in [5.74, 6) is -0.0291. The summed E-state index contributed by atoms with van der Waals surface area (Å²) in [5.41, 5.74) is 1.77. The summed E-state index contributed by atoms with van der Waals surface area (Å²) in [6, 6.07) is 9.50. The van der Waals surface area contributed by atoms with Gasteiger partial charge in [0.05, 0.1) is 5.69 Å². The Labute approximate surface area is 119 Å². The summed E-state index contributed by atoms with van der Waals surface area (Å²) >= 11 is 0. The zero-order chi connectivity index (χ0) is 14.4. The molecule has 0 aliphatic rings. The fourth-order valence-corrected chi connectivity index (χ4v) is 1.84. The Hall–Kier alpha value is -2.14. The molecule has 5 heteroatoms. The van der Waals surface area contributed by atoms with Crippen LogP contribution >= 0.6 is 0 Å². The zero-order valence-electron chi connectivity index (χ0n) is 11.8. The second-order valence-electron chi connectivity index (χ2n) is 4.70. The van der Waals surface area contributed by atoms with E-state index in [4.69, 9.17) is 0 Å². The van der Waals surface area contributed by atoms with E-state index in [2.05, 4.69) is 15.7 Å². The molecule has 1 unspecified atom stereocenters. The smallest absolute Gasteiger partial charge is 0.228 e. The molecule has 1 heterocycles. The van der Waals surface area contributed by atoms with E-state index in [0.29, 0.717) is 6.54 Å². The number of hydrogen-bond acceptors (Lipinski definition) is 3. The Bertz CT molecular complexity index is 534. The lowest BCUT2D eigenvalue weighted by atomic mass is 10.1. The minimum atomic E-state index is -0.0549. The van der Waals surface area contributed by atoms with Gasteiger partial charge in [0.25, 0.3) is 0 Å². The standard InChI is InChI=1S/C15H20N4O/c1-3-16-11-12(2)15(20)18-13-5-7-14(8-6-13)19-10-4-9-17-19/h4-10,12,16H,3,11H2,1-2H3,(H,18,20). The van der Waals surface area contributed by atoms with Gasteiger partial charge >= 0.3 is 0 Å². The molecule has 106 valence electrons. The van der Waals surface area contributed by atoms with E-state index in [1.165, 1.54) is 0 Å². The molecule has 2 N–H and O–H groups in total. The van der Waals surface area contributed by atoms with Crippen molar-refractivity contribution in [3.63, 3.8) is 0 Å². The van der Waals surface area contributed by atoms with Crippen molar-refractivity contribution in [3.8, 4) is 5.69 Å². The summed E-state index contributed by atoms with van der Waals surface area (Å²) in [6.45, 7) is 5.50. The van der Waals surface area contributed by atoms with Crippen LogP contribution in [0, 0.1) is 5.92 Å². The Morgan fingerprint density at radius 3 is 2.70 bits per heavy atom. The lowest BCUT2D eigenvalue weighted by molar-refractivity contribution is -0.119. The fourth-order valence-electron chi connectivity index (χ4n) is 1.84. The molecule has 0 aliphatic carbocycles. The molecule has 5 nitrogen and oxygen atoms in total. The number of hydrogen-bond donors (Lipinski definition) is 2. The lowest BCUT2D eigenvalue weighted by Gasteiger charge is -2.12. The molecule has 2 rings (SSSR count). The lowest BCUT2D eigenvalue weighted by Crippen LogP contribution is -2.30. The van der Waals surface area contributed by atoms with Gasteiger partial charge in [-0.05, 0) is 36.9 Å². The van der Waals surface area contributed by atoms with E-state index in [9.17, 15) is 4.79 Å². The predicted octanol–water partition coefficient (Wildman–Crippen LogP) is 2.06. The molecule has 0 fully saturated rings. The number of amides is 1. The Morgan fingerprint density at radius 1 is 1.35 bits per heavy atom. The van der Waals surface area contributed by atoms with Gasteiger partial charge in [-0.1, -0.05) is 13.8 Å². The van der Waals surface area contributed by atoms with Crippen molar-refractivity contribution in [2.45, 2.75) is 13.8 Å². The van der Waals surface area contributed by atoms with Crippen molar-refractivity contribution >= 4 is 11.6 Å². The van der Waals surface area contributed by atoms with Gasteiger partial charge < -0.3 is 10.6 Å². The van der Waals surface area contributed by atoms with Crippen LogP contribution in [0.2, 0.25) is 0 Å². The van der Waals surface area contributed by atoms with Gasteiger partial charge in [-0.25, -0.2) is 4.68 Å². The van der Waals surface area contributed by atoms with Crippen molar-refractivity contribution in [3.05, 3.63) is 42.7 Å². The first kappa shape index (κ1) is 14.3. The average Bonchev–Trinajstić information content (AvgIpc) is 2.99. The third-order valence-corrected chi connectivity index (χ3v) is 3.05. The second-order valence-corrected chi connectivity index (χ2v) is 4.70. The summed E-state index contributed by atoms with van der Waals surface area (Å²) in [5, 5.41) is 10.2. The number of anilines is 1. The number of nitrogens with one attached hydrogen (secondary N) is 2. The van der Waals surface area contributed by atoms with Crippen LogP contribution in [0.3, 0.4) is 0 Å². The molecule has 0 spiro atoms. The summed E-state index contributed by atoms with van der Waals surface area (Å²) in [4.78, 5) is 12.0. The van der Waals surface area contributed by atoms with Crippen molar-refractivity contribution in [1.82, 2.24) is 15.1 Å². The van der Waals surface area contributed by atoms with Gasteiger partial charge in [0, 0.05) is 30.5 Å². The number of aromatic nitrogens is 2. The number of nitrogens with zero attached hydrogens (tertiary/aromatic N) is 2. The number of rotatable bonds is 6. The SMILES string of the molecule is CCNCC(C)C(=O)Nc1ccc(-n2cccn2)cc1. The maximum absolute atomic E-state index is 12.0. The van der Waals surface area contributed by atoms with Crippen LogP contribution in [-0.4, -0.2) is 28.8 Å². The van der Waals surface area contributed by atoms with Gasteiger partial charge in [0.2, 0.25) is 5.91 Å². The molecule has 1 aromatic carbocycles. The normalized spacial score (nSPS) is 12.1. The maximum atomic E-state index is 12.0. The van der Waals surface area contributed by atoms with Gasteiger partial charge in [-0.15, -0.1) is 0 Å². The molecule has 0 saturated carbocycles. The molecule has 0 bridgehead atoms. The fraction of sp³-hybridized carbons (Fsp3) is 0.333.